The molecule has 34 heavy (non-hydrogen) atoms. The Morgan fingerprint density at radius 2 is 1.71 bits per heavy atom. The maximum Gasteiger partial charge on any atom is 0.295 e. The Balaban J connectivity index is 1.76. The molecule has 1 aromatic heterocycles. The van der Waals surface area contributed by atoms with Crippen LogP contribution in [0.25, 0.3) is 5.76 Å². The minimum Gasteiger partial charge on any atom is -0.507 e. The SMILES string of the molecule is CC(C)OCCN1C(=O)C(=O)/C(=C(\O)c2ccncc2)C1c1cccc(Oc2ccccc2)c1. The van der Waals surface area contributed by atoms with Crippen molar-refractivity contribution in [2.75, 3.05) is 13.2 Å². The molecule has 1 aliphatic heterocycles. The number of rotatable bonds is 8. The van der Waals surface area contributed by atoms with Crippen LogP contribution in [0.4, 0.5) is 0 Å². The number of carbonyl (C=O) groups is 2. The summed E-state index contributed by atoms with van der Waals surface area (Å²) in [4.78, 5) is 31.5. The Hall–Kier alpha value is -3.97. The number of hydrogen-bond donors (Lipinski definition) is 1. The van der Waals surface area contributed by atoms with Gasteiger partial charge in [0.1, 0.15) is 17.3 Å². The van der Waals surface area contributed by atoms with Gasteiger partial charge in [-0.3, -0.25) is 14.6 Å². The minimum absolute atomic E-state index is 0.0188. The molecule has 2 heterocycles. The summed E-state index contributed by atoms with van der Waals surface area (Å²) in [5.41, 5.74) is 1.08. The van der Waals surface area contributed by atoms with Gasteiger partial charge in [0.2, 0.25) is 0 Å². The Bertz CT molecular complexity index is 1190. The number of pyridine rings is 1. The van der Waals surface area contributed by atoms with Crippen molar-refractivity contribution in [1.29, 1.82) is 0 Å². The number of carbonyl (C=O) groups excluding carboxylic acids is 2. The quantitative estimate of drug-likeness (QED) is 0.299. The van der Waals surface area contributed by atoms with Crippen molar-refractivity contribution in [2.45, 2.75) is 26.0 Å². The molecule has 0 bridgehead atoms. The second-order valence-electron chi connectivity index (χ2n) is 8.14. The number of benzene rings is 2. The van der Waals surface area contributed by atoms with Crippen molar-refractivity contribution in [2.24, 2.45) is 0 Å². The van der Waals surface area contributed by atoms with Gasteiger partial charge >= 0.3 is 0 Å². The van der Waals surface area contributed by atoms with Crippen LogP contribution >= 0.6 is 0 Å². The summed E-state index contributed by atoms with van der Waals surface area (Å²) in [6.45, 7) is 4.26. The van der Waals surface area contributed by atoms with E-state index in [1.165, 1.54) is 17.3 Å². The van der Waals surface area contributed by atoms with E-state index in [0.717, 1.165) is 0 Å². The molecule has 1 unspecified atom stereocenters. The Morgan fingerprint density at radius 3 is 2.41 bits per heavy atom. The third-order valence-corrected chi connectivity index (χ3v) is 5.43. The van der Waals surface area contributed by atoms with Gasteiger partial charge in [-0.15, -0.1) is 0 Å². The summed E-state index contributed by atoms with van der Waals surface area (Å²) < 4.78 is 11.6. The topological polar surface area (TPSA) is 89.0 Å². The summed E-state index contributed by atoms with van der Waals surface area (Å²) in [5.74, 6) is -0.444. The number of ketones is 1. The van der Waals surface area contributed by atoms with Crippen molar-refractivity contribution >= 4 is 17.4 Å². The molecule has 1 amide bonds. The maximum atomic E-state index is 13.1. The first-order valence-electron chi connectivity index (χ1n) is 11.1. The Kier molecular flexibility index (Phi) is 7.04. The lowest BCUT2D eigenvalue weighted by atomic mass is 9.95. The van der Waals surface area contributed by atoms with Crippen molar-refractivity contribution < 1.29 is 24.2 Å². The molecule has 0 saturated carbocycles. The summed E-state index contributed by atoms with van der Waals surface area (Å²) in [5, 5.41) is 11.1. The first-order chi connectivity index (χ1) is 16.5. The predicted octanol–water partition coefficient (Wildman–Crippen LogP) is 4.72. The zero-order chi connectivity index (χ0) is 24.1. The van der Waals surface area contributed by atoms with Crippen LogP contribution in [0.5, 0.6) is 11.5 Å². The van der Waals surface area contributed by atoms with E-state index >= 15 is 0 Å². The molecule has 0 aliphatic carbocycles. The fourth-order valence-corrected chi connectivity index (χ4v) is 3.88. The normalized spacial score (nSPS) is 17.4. The number of aliphatic hydroxyl groups is 1. The van der Waals surface area contributed by atoms with Gasteiger partial charge in [0, 0.05) is 24.5 Å². The highest BCUT2D eigenvalue weighted by molar-refractivity contribution is 6.46. The van der Waals surface area contributed by atoms with Gasteiger partial charge < -0.3 is 19.5 Å². The molecule has 0 radical (unpaired) electrons. The number of Topliss-reactive ketones (excluding diaryl/α,β-unsaturated/α-hetero) is 1. The van der Waals surface area contributed by atoms with E-state index in [0.29, 0.717) is 22.6 Å². The predicted molar refractivity (Wildman–Crippen MR) is 127 cm³/mol. The second kappa shape index (κ2) is 10.3. The summed E-state index contributed by atoms with van der Waals surface area (Å²) in [7, 11) is 0. The van der Waals surface area contributed by atoms with Crippen LogP contribution in [0.1, 0.15) is 31.0 Å². The highest BCUT2D eigenvalue weighted by Crippen LogP contribution is 2.40. The molecule has 1 atom stereocenters. The monoisotopic (exact) mass is 458 g/mol. The molecular weight excluding hydrogens is 432 g/mol. The molecule has 2 aromatic carbocycles. The molecule has 174 valence electrons. The second-order valence-corrected chi connectivity index (χ2v) is 8.14. The molecular formula is C27H26N2O5. The number of hydrogen-bond acceptors (Lipinski definition) is 6. The van der Waals surface area contributed by atoms with E-state index in [9.17, 15) is 14.7 Å². The first kappa shape index (κ1) is 23.2. The number of para-hydroxylation sites is 1. The maximum absolute atomic E-state index is 13.1. The molecule has 1 aliphatic rings. The van der Waals surface area contributed by atoms with Gasteiger partial charge in [0.15, 0.2) is 0 Å². The van der Waals surface area contributed by atoms with E-state index in [4.69, 9.17) is 9.47 Å². The Morgan fingerprint density at radius 1 is 1.00 bits per heavy atom. The van der Waals surface area contributed by atoms with E-state index in [1.54, 1.807) is 30.3 Å². The Labute approximate surface area is 198 Å². The highest BCUT2D eigenvalue weighted by Gasteiger charge is 2.46. The fourth-order valence-electron chi connectivity index (χ4n) is 3.88. The highest BCUT2D eigenvalue weighted by atomic mass is 16.5. The van der Waals surface area contributed by atoms with E-state index in [-0.39, 0.29) is 30.6 Å². The largest absolute Gasteiger partial charge is 0.507 e. The zero-order valence-electron chi connectivity index (χ0n) is 19.0. The number of aromatic nitrogens is 1. The van der Waals surface area contributed by atoms with Crippen LogP contribution in [-0.4, -0.2) is 45.9 Å². The van der Waals surface area contributed by atoms with Crippen LogP contribution in [-0.2, 0) is 14.3 Å². The van der Waals surface area contributed by atoms with Gasteiger partial charge in [0.25, 0.3) is 11.7 Å². The average molecular weight is 459 g/mol. The van der Waals surface area contributed by atoms with Crippen molar-refractivity contribution in [3.05, 3.63) is 95.8 Å². The van der Waals surface area contributed by atoms with Crippen LogP contribution in [0.3, 0.4) is 0 Å². The average Bonchev–Trinajstić information content (AvgIpc) is 3.10. The molecule has 7 nitrogen and oxygen atoms in total. The number of likely N-dealkylation sites (tertiary alicyclic amines) is 1. The van der Waals surface area contributed by atoms with E-state index in [1.807, 2.05) is 50.2 Å². The first-order valence-corrected chi connectivity index (χ1v) is 11.1. The molecule has 1 fully saturated rings. The van der Waals surface area contributed by atoms with Gasteiger partial charge in [0.05, 0.1) is 24.3 Å². The number of amides is 1. The van der Waals surface area contributed by atoms with Crippen molar-refractivity contribution in [1.82, 2.24) is 9.88 Å². The third kappa shape index (κ3) is 5.00. The molecule has 1 N–H and O–H groups in total. The summed E-state index contributed by atoms with van der Waals surface area (Å²) in [6, 6.07) is 18.9. The molecule has 4 rings (SSSR count). The van der Waals surface area contributed by atoms with E-state index < -0.39 is 17.7 Å². The third-order valence-electron chi connectivity index (χ3n) is 5.43. The molecule has 3 aromatic rings. The fraction of sp³-hybridized carbons (Fsp3) is 0.222. The van der Waals surface area contributed by atoms with Crippen molar-refractivity contribution in [3.63, 3.8) is 0 Å². The summed E-state index contributed by atoms with van der Waals surface area (Å²) >= 11 is 0. The number of ether oxygens (including phenoxy) is 2. The lowest BCUT2D eigenvalue weighted by Crippen LogP contribution is -2.33. The molecule has 0 spiro atoms. The lowest BCUT2D eigenvalue weighted by molar-refractivity contribution is -0.140. The molecule has 1 saturated heterocycles. The van der Waals surface area contributed by atoms with Crippen molar-refractivity contribution in [3.8, 4) is 11.5 Å². The standard InChI is InChI=1S/C27H26N2O5/c1-18(2)33-16-15-29-24(20-7-6-10-22(17-20)34-21-8-4-3-5-9-21)23(26(31)27(29)32)25(30)19-11-13-28-14-12-19/h3-14,17-18,24,30H,15-16H2,1-2H3/b25-23-. The van der Waals surface area contributed by atoms with Crippen LogP contribution in [0.15, 0.2) is 84.7 Å². The minimum atomic E-state index is -0.789. The van der Waals surface area contributed by atoms with Crippen LogP contribution in [0, 0.1) is 0 Å². The van der Waals surface area contributed by atoms with Crippen LogP contribution in [0.2, 0.25) is 0 Å². The van der Waals surface area contributed by atoms with Gasteiger partial charge in [-0.1, -0.05) is 30.3 Å². The number of nitrogens with zero attached hydrogens (tertiary/aromatic N) is 2. The smallest absolute Gasteiger partial charge is 0.295 e. The summed E-state index contributed by atoms with van der Waals surface area (Å²) in [6.07, 6.45) is 3.02. The van der Waals surface area contributed by atoms with Crippen LogP contribution < -0.4 is 4.74 Å². The molecule has 7 heteroatoms. The van der Waals surface area contributed by atoms with Gasteiger partial charge in [-0.25, -0.2) is 0 Å². The van der Waals surface area contributed by atoms with E-state index in [2.05, 4.69) is 4.98 Å². The number of aliphatic hydroxyl groups excluding tert-OH is 1. The zero-order valence-corrected chi connectivity index (χ0v) is 19.0. The van der Waals surface area contributed by atoms with Gasteiger partial charge in [-0.2, -0.15) is 0 Å². The van der Waals surface area contributed by atoms with Gasteiger partial charge in [-0.05, 0) is 55.8 Å². The lowest BCUT2D eigenvalue weighted by Gasteiger charge is -2.26.